The summed E-state index contributed by atoms with van der Waals surface area (Å²) >= 11 is 0. The topological polar surface area (TPSA) is 112 Å². The van der Waals surface area contributed by atoms with Crippen molar-refractivity contribution < 1.29 is 24.3 Å². The van der Waals surface area contributed by atoms with Crippen molar-refractivity contribution in [2.45, 2.75) is 0 Å². The summed E-state index contributed by atoms with van der Waals surface area (Å²) in [6, 6.07) is 7.67. The van der Waals surface area contributed by atoms with Gasteiger partial charge in [0.1, 0.15) is 11.8 Å². The number of nitrogens with zero attached hydrogens (tertiary/aromatic N) is 2. The summed E-state index contributed by atoms with van der Waals surface area (Å²) in [6.45, 7) is 0. The number of carbonyl (C=O) groups is 1. The van der Waals surface area contributed by atoms with E-state index in [-0.39, 0.29) is 5.88 Å². The normalized spacial score (nSPS) is 9.95. The molecule has 0 amide bonds. The molecule has 2 aromatic rings. The van der Waals surface area contributed by atoms with Crippen molar-refractivity contribution in [2.75, 3.05) is 7.11 Å². The van der Waals surface area contributed by atoms with E-state index in [4.69, 9.17) is 14.6 Å². The maximum atomic E-state index is 11.0. The van der Waals surface area contributed by atoms with E-state index in [1.807, 2.05) is 0 Å². The largest absolute Gasteiger partial charge is 0.493 e. The molecule has 0 atom stereocenters. The van der Waals surface area contributed by atoms with Crippen LogP contribution in [-0.2, 0) is 0 Å². The minimum Gasteiger partial charge on any atom is -0.493 e. The molecule has 1 aromatic carbocycles. The summed E-state index contributed by atoms with van der Waals surface area (Å²) in [5, 5.41) is 19.7. The van der Waals surface area contributed by atoms with Gasteiger partial charge in [-0.25, -0.2) is 9.78 Å². The fraction of sp³-hybridized carbons (Fsp3) is 0.0769. The molecule has 21 heavy (non-hydrogen) atoms. The number of para-hydroxylation sites is 2. The number of rotatable bonds is 5. The second-order valence-corrected chi connectivity index (χ2v) is 3.85. The van der Waals surface area contributed by atoms with Gasteiger partial charge in [0.25, 0.3) is 0 Å². The maximum Gasteiger partial charge on any atom is 0.342 e. The van der Waals surface area contributed by atoms with E-state index < -0.39 is 22.1 Å². The van der Waals surface area contributed by atoms with Gasteiger partial charge in [0, 0.05) is 6.07 Å². The van der Waals surface area contributed by atoms with Crippen molar-refractivity contribution >= 4 is 11.7 Å². The Kier molecular flexibility index (Phi) is 3.98. The highest BCUT2D eigenvalue weighted by Crippen LogP contribution is 2.31. The van der Waals surface area contributed by atoms with E-state index in [0.29, 0.717) is 11.5 Å². The van der Waals surface area contributed by atoms with Gasteiger partial charge in [-0.1, -0.05) is 12.1 Å². The van der Waals surface area contributed by atoms with Crippen molar-refractivity contribution in [3.63, 3.8) is 0 Å². The first kappa shape index (κ1) is 14.3. The fourth-order valence-electron chi connectivity index (χ4n) is 1.62. The van der Waals surface area contributed by atoms with Gasteiger partial charge in [-0.15, -0.1) is 0 Å². The lowest BCUT2D eigenvalue weighted by Gasteiger charge is -2.09. The molecule has 1 N–H and O–H groups in total. The number of ether oxygens (including phenoxy) is 2. The van der Waals surface area contributed by atoms with Crippen LogP contribution in [-0.4, -0.2) is 28.1 Å². The zero-order valence-corrected chi connectivity index (χ0v) is 10.8. The van der Waals surface area contributed by atoms with E-state index in [2.05, 4.69) is 4.98 Å². The Labute approximate surface area is 118 Å². The number of hydrogen-bond donors (Lipinski definition) is 1. The Hall–Kier alpha value is -3.16. The summed E-state index contributed by atoms with van der Waals surface area (Å²) < 4.78 is 10.5. The van der Waals surface area contributed by atoms with Crippen LogP contribution in [0.25, 0.3) is 0 Å². The van der Waals surface area contributed by atoms with Crippen molar-refractivity contribution in [2.24, 2.45) is 0 Å². The van der Waals surface area contributed by atoms with Crippen LogP contribution in [0.1, 0.15) is 10.4 Å². The van der Waals surface area contributed by atoms with E-state index in [0.717, 1.165) is 12.3 Å². The van der Waals surface area contributed by atoms with E-state index in [1.54, 1.807) is 24.3 Å². The van der Waals surface area contributed by atoms with Crippen LogP contribution in [0.15, 0.2) is 36.5 Å². The van der Waals surface area contributed by atoms with E-state index >= 15 is 0 Å². The summed E-state index contributed by atoms with van der Waals surface area (Å²) in [6.07, 6.45) is 0.841. The molecule has 0 saturated heterocycles. The predicted molar refractivity (Wildman–Crippen MR) is 70.9 cm³/mol. The van der Waals surface area contributed by atoms with Crippen molar-refractivity contribution in [1.82, 2.24) is 4.98 Å². The number of carboxylic acid groups (broad SMARTS) is 1. The standard InChI is InChI=1S/C13H10N2O6/c1-20-10-4-2-3-5-11(10)21-12-6-8(13(16)17)9(7-14-12)15(18)19/h2-7H,1H3,(H,16,17). The Morgan fingerprint density at radius 1 is 1.33 bits per heavy atom. The molecule has 8 nitrogen and oxygen atoms in total. The summed E-state index contributed by atoms with van der Waals surface area (Å²) in [7, 11) is 1.45. The Morgan fingerprint density at radius 3 is 2.57 bits per heavy atom. The third-order valence-electron chi connectivity index (χ3n) is 2.57. The Morgan fingerprint density at radius 2 is 2.00 bits per heavy atom. The minimum atomic E-state index is -1.44. The molecule has 0 aliphatic carbocycles. The van der Waals surface area contributed by atoms with Crippen LogP contribution >= 0.6 is 0 Å². The Bertz CT molecular complexity index is 701. The molecular weight excluding hydrogens is 280 g/mol. The molecule has 0 fully saturated rings. The van der Waals surface area contributed by atoms with Crippen LogP contribution in [0.4, 0.5) is 5.69 Å². The number of aromatic nitrogens is 1. The molecule has 0 spiro atoms. The highest BCUT2D eigenvalue weighted by atomic mass is 16.6. The Balaban J connectivity index is 2.39. The molecule has 0 aliphatic heterocycles. The quantitative estimate of drug-likeness (QED) is 0.664. The van der Waals surface area contributed by atoms with Crippen molar-refractivity contribution in [3.05, 3.63) is 52.2 Å². The number of nitro groups is 1. The first-order valence-electron chi connectivity index (χ1n) is 5.71. The number of methoxy groups -OCH3 is 1. The average Bonchev–Trinajstić information content (AvgIpc) is 2.47. The summed E-state index contributed by atoms with van der Waals surface area (Å²) in [4.78, 5) is 24.7. The lowest BCUT2D eigenvalue weighted by atomic mass is 10.2. The zero-order chi connectivity index (χ0) is 15.4. The zero-order valence-electron chi connectivity index (χ0n) is 10.8. The predicted octanol–water partition coefficient (Wildman–Crippen LogP) is 2.49. The lowest BCUT2D eigenvalue weighted by molar-refractivity contribution is -0.385. The number of aromatic carboxylic acids is 1. The van der Waals surface area contributed by atoms with Gasteiger partial charge >= 0.3 is 11.7 Å². The minimum absolute atomic E-state index is 0.0810. The molecule has 1 heterocycles. The second-order valence-electron chi connectivity index (χ2n) is 3.85. The highest BCUT2D eigenvalue weighted by molar-refractivity contribution is 5.92. The number of pyridine rings is 1. The van der Waals surface area contributed by atoms with E-state index in [9.17, 15) is 14.9 Å². The third-order valence-corrected chi connectivity index (χ3v) is 2.57. The van der Waals surface area contributed by atoms with Gasteiger partial charge in [0.05, 0.1) is 12.0 Å². The van der Waals surface area contributed by atoms with Gasteiger partial charge in [0.2, 0.25) is 5.88 Å². The van der Waals surface area contributed by atoms with Crippen LogP contribution < -0.4 is 9.47 Å². The van der Waals surface area contributed by atoms with Crippen molar-refractivity contribution in [3.8, 4) is 17.4 Å². The number of benzene rings is 1. The van der Waals surface area contributed by atoms with E-state index in [1.165, 1.54) is 7.11 Å². The first-order chi connectivity index (χ1) is 10.0. The third kappa shape index (κ3) is 3.06. The molecule has 0 aliphatic rings. The lowest BCUT2D eigenvalue weighted by Crippen LogP contribution is -2.04. The van der Waals surface area contributed by atoms with Gasteiger partial charge in [-0.3, -0.25) is 10.1 Å². The number of hydrogen-bond acceptors (Lipinski definition) is 6. The SMILES string of the molecule is COc1ccccc1Oc1cc(C(=O)O)c([N+](=O)[O-])cn1. The second kappa shape index (κ2) is 5.87. The molecule has 0 bridgehead atoms. The van der Waals surface area contributed by atoms with Gasteiger partial charge in [-0.2, -0.15) is 0 Å². The molecule has 108 valence electrons. The molecule has 1 aromatic heterocycles. The van der Waals surface area contributed by atoms with Crippen LogP contribution in [0.5, 0.6) is 17.4 Å². The molecule has 0 saturated carbocycles. The first-order valence-corrected chi connectivity index (χ1v) is 5.71. The smallest absolute Gasteiger partial charge is 0.342 e. The monoisotopic (exact) mass is 290 g/mol. The number of carboxylic acids is 1. The maximum absolute atomic E-state index is 11.0. The molecule has 0 unspecified atom stereocenters. The molecule has 8 heteroatoms. The average molecular weight is 290 g/mol. The van der Waals surface area contributed by atoms with Crippen LogP contribution in [0.3, 0.4) is 0 Å². The molecule has 0 radical (unpaired) electrons. The molecular formula is C13H10N2O6. The van der Waals surface area contributed by atoms with Gasteiger partial charge in [0.15, 0.2) is 11.5 Å². The van der Waals surface area contributed by atoms with Crippen LogP contribution in [0.2, 0.25) is 0 Å². The van der Waals surface area contributed by atoms with Gasteiger partial charge < -0.3 is 14.6 Å². The van der Waals surface area contributed by atoms with Crippen molar-refractivity contribution in [1.29, 1.82) is 0 Å². The van der Waals surface area contributed by atoms with Crippen LogP contribution in [0, 0.1) is 10.1 Å². The highest BCUT2D eigenvalue weighted by Gasteiger charge is 2.22. The fourth-order valence-corrected chi connectivity index (χ4v) is 1.62. The molecule has 2 rings (SSSR count). The summed E-state index contributed by atoms with van der Waals surface area (Å²) in [5.41, 5.74) is -1.10. The summed E-state index contributed by atoms with van der Waals surface area (Å²) in [5.74, 6) is -0.774. The van der Waals surface area contributed by atoms with Gasteiger partial charge in [-0.05, 0) is 12.1 Å².